The van der Waals surface area contributed by atoms with Crippen molar-refractivity contribution >= 4 is 11.9 Å². The van der Waals surface area contributed by atoms with E-state index < -0.39 is 12.0 Å². The molecule has 2 heterocycles. The number of ether oxygens (including phenoxy) is 1. The number of carboxylic acid groups (broad SMARTS) is 1. The Morgan fingerprint density at radius 2 is 2.24 bits per heavy atom. The van der Waals surface area contributed by atoms with Crippen LogP contribution in [0.15, 0.2) is 24.3 Å². The summed E-state index contributed by atoms with van der Waals surface area (Å²) in [6.07, 6.45) is 1.30. The number of fused-ring (bicyclic) bond motifs is 1. The Morgan fingerprint density at radius 1 is 1.48 bits per heavy atom. The van der Waals surface area contributed by atoms with E-state index in [1.165, 1.54) is 4.68 Å². The van der Waals surface area contributed by atoms with Gasteiger partial charge in [-0.3, -0.25) is 0 Å². The van der Waals surface area contributed by atoms with Crippen LogP contribution in [0.2, 0.25) is 0 Å². The molecular weight excluding hydrogens is 272 g/mol. The minimum absolute atomic E-state index is 0.108. The fraction of sp³-hybridized carbons (Fsp3) is 0.357. The first-order chi connectivity index (χ1) is 10.1. The number of carboxylic acids is 1. The fourth-order valence-corrected chi connectivity index (χ4v) is 2.96. The highest BCUT2D eigenvalue weighted by Gasteiger charge is 2.38. The van der Waals surface area contributed by atoms with Crippen molar-refractivity contribution in [3.05, 3.63) is 35.7 Å². The summed E-state index contributed by atoms with van der Waals surface area (Å²) >= 11 is 0. The molecule has 2 atom stereocenters. The van der Waals surface area contributed by atoms with Crippen molar-refractivity contribution in [2.24, 2.45) is 0 Å². The van der Waals surface area contributed by atoms with E-state index in [-0.39, 0.29) is 11.9 Å². The lowest BCUT2D eigenvalue weighted by atomic mass is 9.84. The number of carbonyl (C=O) groups is 1. The van der Waals surface area contributed by atoms with Crippen molar-refractivity contribution in [3.8, 4) is 5.75 Å². The zero-order valence-corrected chi connectivity index (χ0v) is 11.6. The van der Waals surface area contributed by atoms with Crippen LogP contribution in [0.1, 0.15) is 29.8 Å². The number of nitrogens with two attached hydrogens (primary N) is 1. The molecule has 0 amide bonds. The Bertz CT molecular complexity index is 683. The van der Waals surface area contributed by atoms with E-state index in [1.54, 1.807) is 7.11 Å². The van der Waals surface area contributed by atoms with Crippen molar-refractivity contribution in [1.82, 2.24) is 14.8 Å². The minimum atomic E-state index is -0.947. The molecule has 110 valence electrons. The second-order valence-electron chi connectivity index (χ2n) is 5.00. The molecule has 0 aliphatic carbocycles. The highest BCUT2D eigenvalue weighted by molar-refractivity contribution is 5.74. The molecule has 0 saturated heterocycles. The normalized spacial score (nSPS) is 20.8. The minimum Gasteiger partial charge on any atom is -0.496 e. The number of hydrogen-bond acceptors (Lipinski definition) is 5. The van der Waals surface area contributed by atoms with Crippen LogP contribution < -0.4 is 10.5 Å². The summed E-state index contributed by atoms with van der Waals surface area (Å²) in [5, 5.41) is 13.7. The maximum atomic E-state index is 11.7. The second kappa shape index (κ2) is 5.08. The van der Waals surface area contributed by atoms with Crippen molar-refractivity contribution < 1.29 is 14.6 Å². The van der Waals surface area contributed by atoms with E-state index in [0.717, 1.165) is 5.56 Å². The van der Waals surface area contributed by atoms with E-state index in [0.29, 0.717) is 24.4 Å². The first kappa shape index (κ1) is 13.4. The molecule has 0 radical (unpaired) electrons. The number of rotatable bonds is 3. The van der Waals surface area contributed by atoms with Crippen molar-refractivity contribution in [2.45, 2.75) is 24.8 Å². The van der Waals surface area contributed by atoms with Crippen LogP contribution in [0.25, 0.3) is 0 Å². The van der Waals surface area contributed by atoms with Gasteiger partial charge in [-0.2, -0.15) is 4.98 Å². The number of aromatic nitrogens is 3. The Morgan fingerprint density at radius 3 is 2.95 bits per heavy atom. The number of para-hydroxylation sites is 1. The van der Waals surface area contributed by atoms with Gasteiger partial charge in [0.1, 0.15) is 11.6 Å². The zero-order valence-electron chi connectivity index (χ0n) is 11.6. The molecule has 1 aliphatic heterocycles. The SMILES string of the molecule is COc1ccccc1C1CCc2nc(N)nn2C1C(=O)O. The van der Waals surface area contributed by atoms with E-state index in [2.05, 4.69) is 10.1 Å². The van der Waals surface area contributed by atoms with Crippen molar-refractivity contribution in [2.75, 3.05) is 12.8 Å². The van der Waals surface area contributed by atoms with Gasteiger partial charge >= 0.3 is 5.97 Å². The Hall–Kier alpha value is -2.57. The van der Waals surface area contributed by atoms with Gasteiger partial charge in [-0.05, 0) is 18.1 Å². The summed E-state index contributed by atoms with van der Waals surface area (Å²) in [5.41, 5.74) is 6.47. The molecule has 3 N–H and O–H groups in total. The van der Waals surface area contributed by atoms with Crippen LogP contribution in [0.4, 0.5) is 5.95 Å². The summed E-state index contributed by atoms with van der Waals surface area (Å²) < 4.78 is 6.79. The molecule has 1 aromatic carbocycles. The maximum Gasteiger partial charge on any atom is 0.329 e. The molecule has 0 bridgehead atoms. The van der Waals surface area contributed by atoms with Gasteiger partial charge in [-0.25, -0.2) is 9.48 Å². The maximum absolute atomic E-state index is 11.7. The molecule has 7 heteroatoms. The van der Waals surface area contributed by atoms with E-state index >= 15 is 0 Å². The third-order valence-electron chi connectivity index (χ3n) is 3.83. The van der Waals surface area contributed by atoms with Crippen LogP contribution in [0, 0.1) is 0 Å². The highest BCUT2D eigenvalue weighted by atomic mass is 16.5. The number of benzene rings is 1. The van der Waals surface area contributed by atoms with Gasteiger partial charge in [-0.1, -0.05) is 18.2 Å². The lowest BCUT2D eigenvalue weighted by Crippen LogP contribution is -2.32. The first-order valence-corrected chi connectivity index (χ1v) is 6.68. The molecule has 0 saturated carbocycles. The average Bonchev–Trinajstić information content (AvgIpc) is 2.85. The lowest BCUT2D eigenvalue weighted by molar-refractivity contribution is -0.142. The summed E-state index contributed by atoms with van der Waals surface area (Å²) in [6, 6.07) is 6.64. The van der Waals surface area contributed by atoms with Gasteiger partial charge in [-0.15, -0.1) is 5.10 Å². The van der Waals surface area contributed by atoms with Gasteiger partial charge in [0.25, 0.3) is 0 Å². The number of methoxy groups -OCH3 is 1. The molecule has 7 nitrogen and oxygen atoms in total. The van der Waals surface area contributed by atoms with Gasteiger partial charge in [0.15, 0.2) is 6.04 Å². The molecule has 0 fully saturated rings. The van der Waals surface area contributed by atoms with Gasteiger partial charge in [0, 0.05) is 12.3 Å². The zero-order chi connectivity index (χ0) is 15.0. The number of nitrogens with zero attached hydrogens (tertiary/aromatic N) is 3. The van der Waals surface area contributed by atoms with E-state index in [4.69, 9.17) is 10.5 Å². The molecule has 1 aliphatic rings. The molecule has 0 spiro atoms. The molecule has 21 heavy (non-hydrogen) atoms. The van der Waals surface area contributed by atoms with E-state index in [1.807, 2.05) is 24.3 Å². The summed E-state index contributed by atoms with van der Waals surface area (Å²) in [5.74, 6) is 0.234. The summed E-state index contributed by atoms with van der Waals surface area (Å²) in [4.78, 5) is 15.8. The molecule has 3 rings (SSSR count). The summed E-state index contributed by atoms with van der Waals surface area (Å²) in [7, 11) is 1.58. The quantitative estimate of drug-likeness (QED) is 0.880. The number of nitrogen functional groups attached to an aromatic ring is 1. The van der Waals surface area contributed by atoms with Gasteiger partial charge in [0.05, 0.1) is 7.11 Å². The smallest absolute Gasteiger partial charge is 0.329 e. The predicted molar refractivity (Wildman–Crippen MR) is 75.2 cm³/mol. The lowest BCUT2D eigenvalue weighted by Gasteiger charge is -2.30. The van der Waals surface area contributed by atoms with Gasteiger partial charge < -0.3 is 15.6 Å². The average molecular weight is 288 g/mol. The largest absolute Gasteiger partial charge is 0.496 e. The topological polar surface area (TPSA) is 103 Å². The number of aliphatic carboxylic acids is 1. The third kappa shape index (κ3) is 2.20. The second-order valence-corrected chi connectivity index (χ2v) is 5.00. The van der Waals surface area contributed by atoms with Crippen LogP contribution in [-0.2, 0) is 11.2 Å². The Balaban J connectivity index is 2.09. The molecule has 2 unspecified atom stereocenters. The van der Waals surface area contributed by atoms with E-state index in [9.17, 15) is 9.90 Å². The summed E-state index contributed by atoms with van der Waals surface area (Å²) in [6.45, 7) is 0. The highest BCUT2D eigenvalue weighted by Crippen LogP contribution is 2.41. The fourth-order valence-electron chi connectivity index (χ4n) is 2.96. The number of anilines is 1. The standard InChI is InChI=1S/C14H16N4O3/c1-21-10-5-3-2-4-8(10)9-6-7-11-16-14(15)17-18(11)12(9)13(19)20/h2-5,9,12H,6-7H2,1H3,(H2,15,17)(H,19,20). The number of hydrogen-bond donors (Lipinski definition) is 2. The number of aryl methyl sites for hydroxylation is 1. The van der Waals surface area contributed by atoms with Crippen molar-refractivity contribution in [1.29, 1.82) is 0 Å². The first-order valence-electron chi connectivity index (χ1n) is 6.68. The molecule has 1 aromatic heterocycles. The molecular formula is C14H16N4O3. The van der Waals surface area contributed by atoms with Crippen molar-refractivity contribution in [3.63, 3.8) is 0 Å². The predicted octanol–water partition coefficient (Wildman–Crippen LogP) is 1.22. The van der Waals surface area contributed by atoms with Crippen LogP contribution in [0.5, 0.6) is 5.75 Å². The third-order valence-corrected chi connectivity index (χ3v) is 3.83. The molecule has 2 aromatic rings. The monoisotopic (exact) mass is 288 g/mol. The van der Waals surface area contributed by atoms with Crippen LogP contribution in [0.3, 0.4) is 0 Å². The van der Waals surface area contributed by atoms with Gasteiger partial charge in [0.2, 0.25) is 5.95 Å². The Kier molecular flexibility index (Phi) is 3.25. The van der Waals surface area contributed by atoms with Crippen LogP contribution in [-0.4, -0.2) is 33.0 Å². The van der Waals surface area contributed by atoms with Crippen LogP contribution >= 0.6 is 0 Å². The Labute approximate surface area is 121 Å².